The second-order valence-corrected chi connectivity index (χ2v) is 7.90. The molecule has 2 bridgehead atoms. The van der Waals surface area contributed by atoms with E-state index < -0.39 is 5.97 Å². The molecule has 1 heterocycles. The maximum Gasteiger partial charge on any atom is 0.303 e. The zero-order chi connectivity index (χ0) is 18.1. The summed E-state index contributed by atoms with van der Waals surface area (Å²) in [4.78, 5) is 10.5. The van der Waals surface area contributed by atoms with Gasteiger partial charge in [-0.2, -0.15) is 0 Å². The number of hydrogen-bond donors (Lipinski definition) is 2. The minimum absolute atomic E-state index is 0.295. The fraction of sp³-hybridized carbons (Fsp3) is 0.857. The van der Waals surface area contributed by atoms with Crippen LogP contribution in [0.15, 0.2) is 12.2 Å². The van der Waals surface area contributed by atoms with Crippen LogP contribution in [0.2, 0.25) is 0 Å². The maximum absolute atomic E-state index is 10.5. The van der Waals surface area contributed by atoms with E-state index in [-0.39, 0.29) is 6.10 Å². The number of carboxylic acids is 1. The van der Waals surface area contributed by atoms with Gasteiger partial charge in [-0.25, -0.2) is 0 Å². The summed E-state index contributed by atoms with van der Waals surface area (Å²) in [6.07, 6.45) is 15.4. The predicted molar refractivity (Wildman–Crippen MR) is 99.5 cm³/mol. The highest BCUT2D eigenvalue weighted by atomic mass is 16.5. The minimum Gasteiger partial charge on any atom is -0.481 e. The van der Waals surface area contributed by atoms with Crippen molar-refractivity contribution in [1.82, 2.24) is 0 Å². The van der Waals surface area contributed by atoms with Crippen LogP contribution in [0.3, 0.4) is 0 Å². The van der Waals surface area contributed by atoms with E-state index in [9.17, 15) is 9.90 Å². The molecule has 0 aromatic carbocycles. The first-order chi connectivity index (χ1) is 12.1. The van der Waals surface area contributed by atoms with Crippen molar-refractivity contribution >= 4 is 5.97 Å². The Morgan fingerprint density at radius 2 is 2.00 bits per heavy atom. The molecule has 1 aliphatic carbocycles. The number of unbranched alkanes of at least 4 members (excludes halogenated alkanes) is 5. The molecule has 5 atom stereocenters. The number of aliphatic hydroxyl groups is 1. The van der Waals surface area contributed by atoms with E-state index in [1.54, 1.807) is 0 Å². The summed E-state index contributed by atoms with van der Waals surface area (Å²) in [5.41, 5.74) is 0. The Balaban J connectivity index is 1.71. The molecule has 1 aliphatic heterocycles. The minimum atomic E-state index is -0.687. The van der Waals surface area contributed by atoms with Crippen LogP contribution in [0.25, 0.3) is 0 Å². The smallest absolute Gasteiger partial charge is 0.303 e. The second kappa shape index (κ2) is 11.0. The molecule has 2 fully saturated rings. The quantitative estimate of drug-likeness (QED) is 0.377. The van der Waals surface area contributed by atoms with Gasteiger partial charge in [0, 0.05) is 12.3 Å². The summed E-state index contributed by atoms with van der Waals surface area (Å²) in [5.74, 6) is 1.12. The Labute approximate surface area is 152 Å². The molecular weight excluding hydrogens is 316 g/mol. The third-order valence-electron chi connectivity index (χ3n) is 5.93. The molecule has 1 saturated heterocycles. The molecule has 144 valence electrons. The molecule has 25 heavy (non-hydrogen) atoms. The van der Waals surface area contributed by atoms with Gasteiger partial charge < -0.3 is 14.9 Å². The third kappa shape index (κ3) is 6.74. The van der Waals surface area contributed by atoms with E-state index in [4.69, 9.17) is 9.84 Å². The van der Waals surface area contributed by atoms with Gasteiger partial charge in [-0.1, -0.05) is 57.6 Å². The largest absolute Gasteiger partial charge is 0.481 e. The first kappa shape index (κ1) is 20.4. The number of hydrogen-bond acceptors (Lipinski definition) is 3. The third-order valence-corrected chi connectivity index (χ3v) is 5.93. The molecule has 1 saturated carbocycles. The van der Waals surface area contributed by atoms with E-state index in [1.807, 2.05) is 6.08 Å². The lowest BCUT2D eigenvalue weighted by molar-refractivity contribution is -0.137. The molecule has 4 heteroatoms. The molecule has 2 N–H and O–H groups in total. The van der Waals surface area contributed by atoms with Crippen molar-refractivity contribution in [3.63, 3.8) is 0 Å². The van der Waals surface area contributed by atoms with Crippen molar-refractivity contribution in [1.29, 1.82) is 0 Å². The molecule has 0 aromatic heterocycles. The topological polar surface area (TPSA) is 66.8 Å². The predicted octanol–water partition coefficient (Wildman–Crippen LogP) is 4.56. The lowest BCUT2D eigenvalue weighted by Crippen LogP contribution is -2.28. The standard InChI is InChI=1S/C21H36O4/c1-2-3-6-9-17(22)12-13-19-18(16-14-20(19)25-15-16)10-7-4-5-8-11-21(23)24/h12-13,16-20,22H,2-11,14-15H2,1H3,(H,23,24). The summed E-state index contributed by atoms with van der Waals surface area (Å²) in [7, 11) is 0. The summed E-state index contributed by atoms with van der Waals surface area (Å²) < 4.78 is 5.90. The van der Waals surface area contributed by atoms with Crippen molar-refractivity contribution in [3.8, 4) is 0 Å². The average Bonchev–Trinajstić information content (AvgIpc) is 3.17. The van der Waals surface area contributed by atoms with Gasteiger partial charge in [0.1, 0.15) is 0 Å². The van der Waals surface area contributed by atoms with Gasteiger partial charge in [0.05, 0.1) is 18.8 Å². The van der Waals surface area contributed by atoms with Gasteiger partial charge in [0.15, 0.2) is 0 Å². The Bertz CT molecular complexity index is 420. The SMILES string of the molecule is CCCCCC(O)C=CC1C2CC(CO2)C1CCCCCCC(=O)O. The van der Waals surface area contributed by atoms with E-state index >= 15 is 0 Å². The van der Waals surface area contributed by atoms with Crippen LogP contribution < -0.4 is 0 Å². The summed E-state index contributed by atoms with van der Waals surface area (Å²) in [6.45, 7) is 3.08. The zero-order valence-corrected chi connectivity index (χ0v) is 15.7. The monoisotopic (exact) mass is 352 g/mol. The van der Waals surface area contributed by atoms with Crippen molar-refractivity contribution < 1.29 is 19.7 Å². The fourth-order valence-electron chi connectivity index (χ4n) is 4.50. The molecule has 0 spiro atoms. The lowest BCUT2D eigenvalue weighted by Gasteiger charge is -2.29. The van der Waals surface area contributed by atoms with Crippen LogP contribution in [-0.2, 0) is 9.53 Å². The van der Waals surface area contributed by atoms with Crippen molar-refractivity contribution in [2.45, 2.75) is 89.8 Å². The second-order valence-electron chi connectivity index (χ2n) is 7.90. The van der Waals surface area contributed by atoms with Gasteiger partial charge in [-0.15, -0.1) is 0 Å². The number of ether oxygens (including phenoxy) is 1. The van der Waals surface area contributed by atoms with Crippen LogP contribution in [0, 0.1) is 17.8 Å². The van der Waals surface area contributed by atoms with E-state index in [0.29, 0.717) is 30.3 Å². The molecule has 4 nitrogen and oxygen atoms in total. The maximum atomic E-state index is 10.5. The summed E-state index contributed by atoms with van der Waals surface area (Å²) >= 11 is 0. The van der Waals surface area contributed by atoms with Crippen molar-refractivity contribution in [3.05, 3.63) is 12.2 Å². The molecule has 5 unspecified atom stereocenters. The number of rotatable bonds is 13. The molecule has 0 radical (unpaired) electrons. The summed E-state index contributed by atoms with van der Waals surface area (Å²) in [6, 6.07) is 0. The van der Waals surface area contributed by atoms with Crippen LogP contribution in [0.4, 0.5) is 0 Å². The van der Waals surface area contributed by atoms with Crippen LogP contribution in [-0.4, -0.2) is 35.0 Å². The normalized spacial score (nSPS) is 29.5. The Morgan fingerprint density at radius 1 is 1.20 bits per heavy atom. The van der Waals surface area contributed by atoms with E-state index in [0.717, 1.165) is 38.7 Å². The molecular formula is C21H36O4. The van der Waals surface area contributed by atoms with Crippen LogP contribution in [0.5, 0.6) is 0 Å². The summed E-state index contributed by atoms with van der Waals surface area (Å²) in [5, 5.41) is 18.8. The first-order valence-electron chi connectivity index (χ1n) is 10.3. The number of carboxylic acid groups (broad SMARTS) is 1. The van der Waals surface area contributed by atoms with Gasteiger partial charge in [-0.3, -0.25) is 4.79 Å². The highest BCUT2D eigenvalue weighted by molar-refractivity contribution is 5.66. The van der Waals surface area contributed by atoms with Crippen LogP contribution in [0.1, 0.15) is 77.6 Å². The number of aliphatic hydroxyl groups excluding tert-OH is 1. The van der Waals surface area contributed by atoms with Gasteiger partial charge in [0.25, 0.3) is 0 Å². The zero-order valence-electron chi connectivity index (χ0n) is 15.7. The Hall–Kier alpha value is -0.870. The fourth-order valence-corrected chi connectivity index (χ4v) is 4.50. The highest BCUT2D eigenvalue weighted by Gasteiger charge is 2.46. The van der Waals surface area contributed by atoms with E-state index in [1.165, 1.54) is 32.1 Å². The number of carbonyl (C=O) groups is 1. The Kier molecular flexibility index (Phi) is 8.97. The average molecular weight is 353 g/mol. The lowest BCUT2D eigenvalue weighted by atomic mass is 9.83. The first-order valence-corrected chi connectivity index (χ1v) is 10.3. The number of fused-ring (bicyclic) bond motifs is 2. The molecule has 0 aromatic rings. The van der Waals surface area contributed by atoms with Gasteiger partial charge in [0.2, 0.25) is 0 Å². The molecule has 2 rings (SSSR count). The Morgan fingerprint density at radius 3 is 2.76 bits per heavy atom. The molecule has 2 aliphatic rings. The highest BCUT2D eigenvalue weighted by Crippen LogP contribution is 2.47. The van der Waals surface area contributed by atoms with Gasteiger partial charge >= 0.3 is 5.97 Å². The van der Waals surface area contributed by atoms with Crippen molar-refractivity contribution in [2.24, 2.45) is 17.8 Å². The van der Waals surface area contributed by atoms with Crippen LogP contribution >= 0.6 is 0 Å². The van der Waals surface area contributed by atoms with Gasteiger partial charge in [-0.05, 0) is 37.5 Å². The molecule has 0 amide bonds. The van der Waals surface area contributed by atoms with Crippen molar-refractivity contribution in [2.75, 3.05) is 6.61 Å². The van der Waals surface area contributed by atoms with E-state index in [2.05, 4.69) is 13.0 Å². The number of aliphatic carboxylic acids is 1.